The molecule has 0 saturated heterocycles. The van der Waals surface area contributed by atoms with Crippen LogP contribution in [0.5, 0.6) is 11.6 Å². The van der Waals surface area contributed by atoms with Gasteiger partial charge in [0, 0.05) is 12.2 Å². The van der Waals surface area contributed by atoms with Gasteiger partial charge in [0.1, 0.15) is 17.4 Å². The molecule has 2 fully saturated rings. The van der Waals surface area contributed by atoms with Crippen molar-refractivity contribution in [1.29, 1.82) is 0 Å². The van der Waals surface area contributed by atoms with Crippen molar-refractivity contribution < 1.29 is 32.2 Å². The molecule has 2 aromatic heterocycles. The summed E-state index contributed by atoms with van der Waals surface area (Å²) in [5.41, 5.74) is 7.19. The van der Waals surface area contributed by atoms with Gasteiger partial charge in [-0.1, -0.05) is 0 Å². The molecule has 0 aliphatic heterocycles. The molecule has 2 saturated carbocycles. The van der Waals surface area contributed by atoms with Gasteiger partial charge in [0.25, 0.3) is 11.8 Å². The van der Waals surface area contributed by atoms with Gasteiger partial charge in [-0.3, -0.25) is 9.59 Å². The van der Waals surface area contributed by atoms with Crippen LogP contribution in [0.1, 0.15) is 52.1 Å². The Morgan fingerprint density at radius 3 is 2.46 bits per heavy atom. The van der Waals surface area contributed by atoms with Crippen molar-refractivity contribution in [1.82, 2.24) is 20.1 Å². The minimum Gasteiger partial charge on any atom is -0.474 e. The maximum Gasteiger partial charge on any atom is 0.573 e. The summed E-state index contributed by atoms with van der Waals surface area (Å²) in [6.45, 7) is 1.72. The van der Waals surface area contributed by atoms with Crippen LogP contribution >= 0.6 is 0 Å². The predicted octanol–water partition coefficient (Wildman–Crippen LogP) is 3.69. The number of halogens is 3. The van der Waals surface area contributed by atoms with E-state index in [0.29, 0.717) is 16.9 Å². The Balaban J connectivity index is 1.13. The third kappa shape index (κ3) is 5.09. The van der Waals surface area contributed by atoms with Crippen molar-refractivity contribution in [2.45, 2.75) is 51.1 Å². The summed E-state index contributed by atoms with van der Waals surface area (Å²) in [5, 5.41) is 7.26. The molecule has 194 valence electrons. The first kappa shape index (κ1) is 24.6. The number of aromatic nitrogens is 3. The van der Waals surface area contributed by atoms with Crippen LogP contribution in [0.25, 0.3) is 5.69 Å². The third-order valence-corrected chi connectivity index (χ3v) is 6.90. The number of carbonyl (C=O) groups is 2. The van der Waals surface area contributed by atoms with Crippen LogP contribution in [-0.2, 0) is 0 Å². The lowest BCUT2D eigenvalue weighted by atomic mass is 9.53. The highest BCUT2D eigenvalue weighted by Crippen LogP contribution is 2.56. The van der Waals surface area contributed by atoms with E-state index in [-0.39, 0.29) is 40.7 Å². The van der Waals surface area contributed by atoms with E-state index in [1.54, 1.807) is 25.3 Å². The molecule has 2 aliphatic rings. The van der Waals surface area contributed by atoms with E-state index in [1.807, 2.05) is 0 Å². The van der Waals surface area contributed by atoms with Crippen LogP contribution in [0.15, 0.2) is 48.8 Å². The molecule has 3 N–H and O–H groups in total. The van der Waals surface area contributed by atoms with Gasteiger partial charge >= 0.3 is 6.36 Å². The van der Waals surface area contributed by atoms with Gasteiger partial charge in [-0.2, -0.15) is 5.10 Å². The quantitative estimate of drug-likeness (QED) is 0.495. The Bertz CT molecular complexity index is 1320. The molecule has 2 amide bonds. The smallest absolute Gasteiger partial charge is 0.474 e. The van der Waals surface area contributed by atoms with Crippen molar-refractivity contribution in [3.8, 4) is 17.3 Å². The minimum absolute atomic E-state index is 0.0195. The van der Waals surface area contributed by atoms with Crippen LogP contribution in [-0.4, -0.2) is 45.1 Å². The first-order valence-electron chi connectivity index (χ1n) is 11.7. The molecule has 37 heavy (non-hydrogen) atoms. The van der Waals surface area contributed by atoms with Crippen molar-refractivity contribution in [2.75, 3.05) is 0 Å². The summed E-state index contributed by atoms with van der Waals surface area (Å²) >= 11 is 0. The number of ether oxygens (including phenoxy) is 2. The van der Waals surface area contributed by atoms with E-state index < -0.39 is 12.3 Å². The molecular weight excluding hydrogens is 491 g/mol. The van der Waals surface area contributed by atoms with Gasteiger partial charge in [0.2, 0.25) is 5.88 Å². The lowest BCUT2D eigenvalue weighted by Gasteiger charge is -2.57. The van der Waals surface area contributed by atoms with Crippen LogP contribution in [0.4, 0.5) is 13.2 Å². The lowest BCUT2D eigenvalue weighted by molar-refractivity contribution is -0.274. The topological polar surface area (TPSA) is 121 Å². The number of nitrogens with two attached hydrogens (primary N) is 1. The van der Waals surface area contributed by atoms with Gasteiger partial charge in [-0.15, -0.1) is 13.2 Å². The summed E-state index contributed by atoms with van der Waals surface area (Å²) in [6.07, 6.45) is 1.41. The molecule has 0 bridgehead atoms. The molecule has 9 nitrogen and oxygen atoms in total. The zero-order valence-electron chi connectivity index (χ0n) is 19.8. The number of nitrogens with one attached hydrogen (secondary N) is 1. The summed E-state index contributed by atoms with van der Waals surface area (Å²) in [5.74, 6) is -0.939. The van der Waals surface area contributed by atoms with Gasteiger partial charge in [0.05, 0.1) is 23.1 Å². The van der Waals surface area contributed by atoms with Crippen LogP contribution < -0.4 is 20.5 Å². The average molecular weight is 515 g/mol. The van der Waals surface area contributed by atoms with E-state index >= 15 is 0 Å². The maximum atomic E-state index is 12.9. The fourth-order valence-corrected chi connectivity index (χ4v) is 5.19. The van der Waals surface area contributed by atoms with E-state index in [1.165, 1.54) is 35.1 Å². The van der Waals surface area contributed by atoms with Gasteiger partial charge in [-0.25, -0.2) is 9.67 Å². The maximum absolute atomic E-state index is 12.9. The third-order valence-electron chi connectivity index (χ3n) is 6.90. The van der Waals surface area contributed by atoms with Gasteiger partial charge in [0.15, 0.2) is 0 Å². The number of hydrogen-bond acceptors (Lipinski definition) is 6. The molecule has 0 atom stereocenters. The number of alkyl halides is 3. The van der Waals surface area contributed by atoms with Crippen LogP contribution in [0.3, 0.4) is 0 Å². The van der Waals surface area contributed by atoms with Crippen molar-refractivity contribution >= 4 is 11.8 Å². The first-order valence-corrected chi connectivity index (χ1v) is 11.7. The normalized spacial score (nSPS) is 22.6. The lowest BCUT2D eigenvalue weighted by Crippen LogP contribution is -2.58. The van der Waals surface area contributed by atoms with Crippen LogP contribution in [0.2, 0.25) is 0 Å². The molecule has 0 radical (unpaired) electrons. The Morgan fingerprint density at radius 2 is 1.81 bits per heavy atom. The molecule has 12 heteroatoms. The Kier molecular flexibility index (Phi) is 6.04. The monoisotopic (exact) mass is 515 g/mol. The largest absolute Gasteiger partial charge is 0.573 e. The van der Waals surface area contributed by atoms with Crippen molar-refractivity contribution in [3.05, 3.63) is 65.6 Å². The standard InChI is InChI=1S/C25H24F3N5O4/c1-14-20(13-31-33(14)16-4-6-17(7-5-16)37-25(26,27)28)22(35)32-15-9-24(10-15)11-18(12-24)36-23-19(21(29)34)3-2-8-30-23/h2-8,13,15,18H,9-12H2,1H3,(H2,29,34)(H,32,35). The number of amides is 2. The van der Waals surface area contributed by atoms with Crippen LogP contribution in [0, 0.1) is 12.3 Å². The number of hydrogen-bond donors (Lipinski definition) is 2. The zero-order chi connectivity index (χ0) is 26.4. The minimum atomic E-state index is -4.77. The first-order chi connectivity index (χ1) is 17.5. The number of primary amides is 1. The number of nitrogens with zero attached hydrogens (tertiary/aromatic N) is 3. The molecule has 5 rings (SSSR count). The van der Waals surface area contributed by atoms with E-state index in [2.05, 4.69) is 20.1 Å². The highest BCUT2D eigenvalue weighted by molar-refractivity contribution is 5.95. The second-order valence-electron chi connectivity index (χ2n) is 9.54. The van der Waals surface area contributed by atoms with E-state index in [9.17, 15) is 22.8 Å². The molecule has 1 aromatic carbocycles. The van der Waals surface area contributed by atoms with Gasteiger partial charge < -0.3 is 20.5 Å². The molecule has 2 heterocycles. The average Bonchev–Trinajstić information content (AvgIpc) is 3.17. The summed E-state index contributed by atoms with van der Waals surface area (Å²) in [4.78, 5) is 28.5. The molecule has 3 aromatic rings. The van der Waals surface area contributed by atoms with E-state index in [0.717, 1.165) is 25.7 Å². The number of carbonyl (C=O) groups excluding carboxylic acids is 2. The predicted molar refractivity (Wildman–Crippen MR) is 124 cm³/mol. The van der Waals surface area contributed by atoms with Crippen molar-refractivity contribution in [2.24, 2.45) is 11.1 Å². The number of pyridine rings is 1. The summed E-state index contributed by atoms with van der Waals surface area (Å²) in [7, 11) is 0. The second-order valence-corrected chi connectivity index (χ2v) is 9.54. The summed E-state index contributed by atoms with van der Waals surface area (Å²) in [6, 6.07) is 8.48. The number of benzene rings is 1. The highest BCUT2D eigenvalue weighted by Gasteiger charge is 2.54. The highest BCUT2D eigenvalue weighted by atomic mass is 19.4. The Labute approximate surface area is 209 Å². The van der Waals surface area contributed by atoms with E-state index in [4.69, 9.17) is 10.5 Å². The molecule has 0 unspecified atom stereocenters. The zero-order valence-corrected chi connectivity index (χ0v) is 19.8. The summed E-state index contributed by atoms with van der Waals surface area (Å²) < 4.78 is 48.4. The van der Waals surface area contributed by atoms with Crippen molar-refractivity contribution in [3.63, 3.8) is 0 Å². The Hall–Kier alpha value is -4.09. The Morgan fingerprint density at radius 1 is 1.11 bits per heavy atom. The fraction of sp³-hybridized carbons (Fsp3) is 0.360. The number of rotatable bonds is 7. The molecule has 1 spiro atoms. The van der Waals surface area contributed by atoms with Gasteiger partial charge in [-0.05, 0) is 74.4 Å². The fourth-order valence-electron chi connectivity index (χ4n) is 5.19. The molecule has 2 aliphatic carbocycles. The SMILES string of the molecule is Cc1c(C(=O)NC2CC3(C2)CC(Oc2ncccc2C(N)=O)C3)cnn1-c1ccc(OC(F)(F)F)cc1. The molecular formula is C25H24F3N5O4. The second kappa shape index (κ2) is 9.09.